The average Bonchev–Trinajstić information content (AvgIpc) is 3.10. The molecular weight excluding hydrogens is 202 g/mol. The largest absolute Gasteiger partial charge is 0.480 e. The van der Waals surface area contributed by atoms with Crippen LogP contribution in [0.1, 0.15) is 36.8 Å². The Morgan fingerprint density at radius 1 is 1.56 bits per heavy atom. The van der Waals surface area contributed by atoms with Gasteiger partial charge in [0.2, 0.25) is 0 Å². The summed E-state index contributed by atoms with van der Waals surface area (Å²) in [5.41, 5.74) is 2.56. The van der Waals surface area contributed by atoms with E-state index in [4.69, 9.17) is 5.11 Å². The molecule has 1 unspecified atom stereocenters. The van der Waals surface area contributed by atoms with Gasteiger partial charge in [-0.2, -0.15) is 0 Å². The van der Waals surface area contributed by atoms with Gasteiger partial charge in [0, 0.05) is 6.54 Å². The van der Waals surface area contributed by atoms with E-state index in [1.807, 2.05) is 6.07 Å². The van der Waals surface area contributed by atoms with Gasteiger partial charge in [0.05, 0.1) is 0 Å². The number of hydrogen-bond acceptors (Lipinski definition) is 2. The normalized spacial score (nSPS) is 17.1. The van der Waals surface area contributed by atoms with Crippen LogP contribution in [-0.4, -0.2) is 17.1 Å². The molecule has 2 N–H and O–H groups in total. The van der Waals surface area contributed by atoms with Crippen molar-refractivity contribution in [3.8, 4) is 0 Å². The zero-order valence-electron chi connectivity index (χ0n) is 9.44. The van der Waals surface area contributed by atoms with Crippen molar-refractivity contribution >= 4 is 5.97 Å². The van der Waals surface area contributed by atoms with Crippen molar-refractivity contribution in [2.24, 2.45) is 0 Å². The molecule has 0 aromatic heterocycles. The van der Waals surface area contributed by atoms with Crippen LogP contribution < -0.4 is 5.32 Å². The first-order chi connectivity index (χ1) is 7.66. The maximum atomic E-state index is 10.6. The molecule has 1 saturated carbocycles. The highest BCUT2D eigenvalue weighted by molar-refractivity contribution is 5.72. The molecule has 0 radical (unpaired) electrons. The third kappa shape index (κ3) is 2.83. The Balaban J connectivity index is 1.93. The monoisotopic (exact) mass is 219 g/mol. The molecular formula is C13H17NO2. The number of carboxylic acid groups (broad SMARTS) is 1. The SMILES string of the molecule is CC(NCc1cccc(C2CC2)c1)C(=O)O. The number of rotatable bonds is 5. The van der Waals surface area contributed by atoms with E-state index in [0.29, 0.717) is 6.54 Å². The summed E-state index contributed by atoms with van der Waals surface area (Å²) in [7, 11) is 0. The van der Waals surface area contributed by atoms with Crippen molar-refractivity contribution in [3.63, 3.8) is 0 Å². The molecule has 1 aliphatic carbocycles. The van der Waals surface area contributed by atoms with E-state index in [-0.39, 0.29) is 0 Å². The average molecular weight is 219 g/mol. The number of carbonyl (C=O) groups is 1. The first-order valence-corrected chi connectivity index (χ1v) is 5.72. The van der Waals surface area contributed by atoms with Crippen molar-refractivity contribution in [1.29, 1.82) is 0 Å². The van der Waals surface area contributed by atoms with Crippen molar-refractivity contribution in [2.75, 3.05) is 0 Å². The molecule has 0 heterocycles. The van der Waals surface area contributed by atoms with Crippen LogP contribution in [0, 0.1) is 0 Å². The smallest absolute Gasteiger partial charge is 0.320 e. The molecule has 0 saturated heterocycles. The van der Waals surface area contributed by atoms with Crippen LogP contribution in [0.15, 0.2) is 24.3 Å². The lowest BCUT2D eigenvalue weighted by Gasteiger charge is -2.09. The van der Waals surface area contributed by atoms with Crippen LogP contribution in [0.5, 0.6) is 0 Å². The molecule has 3 heteroatoms. The maximum Gasteiger partial charge on any atom is 0.320 e. The predicted octanol–water partition coefficient (Wildman–Crippen LogP) is 2.13. The van der Waals surface area contributed by atoms with Crippen LogP contribution >= 0.6 is 0 Å². The zero-order valence-corrected chi connectivity index (χ0v) is 9.44. The summed E-state index contributed by atoms with van der Waals surface area (Å²) >= 11 is 0. The fourth-order valence-corrected chi connectivity index (χ4v) is 1.73. The molecule has 16 heavy (non-hydrogen) atoms. The minimum absolute atomic E-state index is 0.496. The number of carboxylic acids is 1. The van der Waals surface area contributed by atoms with Gasteiger partial charge in [0.25, 0.3) is 0 Å². The van der Waals surface area contributed by atoms with Gasteiger partial charge in [-0.3, -0.25) is 4.79 Å². The highest BCUT2D eigenvalue weighted by Gasteiger charge is 2.23. The zero-order chi connectivity index (χ0) is 11.5. The first kappa shape index (κ1) is 11.1. The third-order valence-corrected chi connectivity index (χ3v) is 2.98. The quantitative estimate of drug-likeness (QED) is 0.797. The summed E-state index contributed by atoms with van der Waals surface area (Å²) in [4.78, 5) is 10.6. The Hall–Kier alpha value is -1.35. The van der Waals surface area contributed by atoms with E-state index in [2.05, 4.69) is 23.5 Å². The maximum absolute atomic E-state index is 10.6. The summed E-state index contributed by atoms with van der Waals surface area (Å²) in [6.45, 7) is 2.28. The summed E-state index contributed by atoms with van der Waals surface area (Å²) in [6, 6.07) is 7.93. The fraction of sp³-hybridized carbons (Fsp3) is 0.462. The Kier molecular flexibility index (Phi) is 3.25. The van der Waals surface area contributed by atoms with Gasteiger partial charge < -0.3 is 10.4 Å². The van der Waals surface area contributed by atoms with E-state index in [9.17, 15) is 4.79 Å². The molecule has 3 nitrogen and oxygen atoms in total. The standard InChI is InChI=1S/C13H17NO2/c1-9(13(15)16)14-8-10-3-2-4-12(7-10)11-5-6-11/h2-4,7,9,11,14H,5-6,8H2,1H3,(H,15,16). The van der Waals surface area contributed by atoms with Crippen molar-refractivity contribution in [3.05, 3.63) is 35.4 Å². The number of benzene rings is 1. The molecule has 1 aromatic rings. The minimum atomic E-state index is -0.807. The van der Waals surface area contributed by atoms with E-state index >= 15 is 0 Å². The molecule has 0 bridgehead atoms. The van der Waals surface area contributed by atoms with Gasteiger partial charge in [-0.05, 0) is 36.8 Å². The van der Waals surface area contributed by atoms with Gasteiger partial charge in [0.1, 0.15) is 6.04 Å². The second-order valence-corrected chi connectivity index (χ2v) is 4.46. The molecule has 1 atom stereocenters. The number of hydrogen-bond donors (Lipinski definition) is 2. The van der Waals surface area contributed by atoms with Gasteiger partial charge >= 0.3 is 5.97 Å². The molecule has 0 spiro atoms. The van der Waals surface area contributed by atoms with Crippen LogP contribution in [0.2, 0.25) is 0 Å². The highest BCUT2D eigenvalue weighted by Crippen LogP contribution is 2.40. The van der Waals surface area contributed by atoms with E-state index < -0.39 is 12.0 Å². The van der Waals surface area contributed by atoms with Gasteiger partial charge in [-0.25, -0.2) is 0 Å². The van der Waals surface area contributed by atoms with E-state index in [0.717, 1.165) is 11.5 Å². The summed E-state index contributed by atoms with van der Waals surface area (Å²) < 4.78 is 0. The van der Waals surface area contributed by atoms with Crippen LogP contribution in [0.25, 0.3) is 0 Å². The minimum Gasteiger partial charge on any atom is -0.480 e. The highest BCUT2D eigenvalue weighted by atomic mass is 16.4. The van der Waals surface area contributed by atoms with Gasteiger partial charge in [-0.1, -0.05) is 24.3 Å². The molecule has 1 aliphatic rings. The topological polar surface area (TPSA) is 49.3 Å². The summed E-state index contributed by atoms with van der Waals surface area (Å²) in [5.74, 6) is -0.0600. The summed E-state index contributed by atoms with van der Waals surface area (Å²) in [6.07, 6.45) is 2.59. The lowest BCUT2D eigenvalue weighted by atomic mass is 10.1. The molecule has 0 aliphatic heterocycles. The van der Waals surface area contributed by atoms with Gasteiger partial charge in [0.15, 0.2) is 0 Å². The number of nitrogens with one attached hydrogen (secondary N) is 1. The van der Waals surface area contributed by atoms with Crippen LogP contribution in [-0.2, 0) is 11.3 Å². The molecule has 86 valence electrons. The van der Waals surface area contributed by atoms with E-state index in [1.165, 1.54) is 18.4 Å². The number of aliphatic carboxylic acids is 1. The first-order valence-electron chi connectivity index (χ1n) is 5.72. The van der Waals surface area contributed by atoms with Gasteiger partial charge in [-0.15, -0.1) is 0 Å². The van der Waals surface area contributed by atoms with Crippen molar-refractivity contribution < 1.29 is 9.90 Å². The Labute approximate surface area is 95.5 Å². The van der Waals surface area contributed by atoms with Crippen molar-refractivity contribution in [2.45, 2.75) is 38.3 Å². The second kappa shape index (κ2) is 4.66. The third-order valence-electron chi connectivity index (χ3n) is 2.98. The summed E-state index contributed by atoms with van der Waals surface area (Å²) in [5, 5.41) is 11.7. The van der Waals surface area contributed by atoms with Crippen LogP contribution in [0.4, 0.5) is 0 Å². The van der Waals surface area contributed by atoms with E-state index in [1.54, 1.807) is 6.92 Å². The lowest BCUT2D eigenvalue weighted by molar-refractivity contribution is -0.139. The Morgan fingerprint density at radius 2 is 2.31 bits per heavy atom. The lowest BCUT2D eigenvalue weighted by Crippen LogP contribution is -2.33. The Bertz CT molecular complexity index is 385. The molecule has 0 amide bonds. The fourth-order valence-electron chi connectivity index (χ4n) is 1.73. The Morgan fingerprint density at radius 3 is 2.94 bits per heavy atom. The van der Waals surface area contributed by atoms with Crippen LogP contribution in [0.3, 0.4) is 0 Å². The second-order valence-electron chi connectivity index (χ2n) is 4.46. The van der Waals surface area contributed by atoms with Crippen molar-refractivity contribution in [1.82, 2.24) is 5.32 Å². The molecule has 2 rings (SSSR count). The molecule has 1 aromatic carbocycles. The molecule has 1 fully saturated rings. The predicted molar refractivity (Wildman–Crippen MR) is 62.4 cm³/mol.